The zero-order valence-electron chi connectivity index (χ0n) is 7.49. The van der Waals surface area contributed by atoms with Crippen molar-refractivity contribution in [2.45, 2.75) is 24.8 Å². The van der Waals surface area contributed by atoms with E-state index < -0.39 is 5.82 Å². The van der Waals surface area contributed by atoms with Crippen LogP contribution in [0.2, 0.25) is 10.0 Å². The number of benzene rings is 1. The summed E-state index contributed by atoms with van der Waals surface area (Å²) in [6.07, 6.45) is 2.74. The van der Waals surface area contributed by atoms with E-state index in [1.807, 2.05) is 0 Å². The first kappa shape index (κ1) is 10.2. The van der Waals surface area contributed by atoms with Gasteiger partial charge in [0, 0.05) is 5.54 Å². The van der Waals surface area contributed by atoms with E-state index in [2.05, 4.69) is 0 Å². The van der Waals surface area contributed by atoms with E-state index >= 15 is 0 Å². The van der Waals surface area contributed by atoms with Gasteiger partial charge in [-0.25, -0.2) is 4.39 Å². The third kappa shape index (κ3) is 2.02. The van der Waals surface area contributed by atoms with Crippen LogP contribution in [0.4, 0.5) is 4.39 Å². The van der Waals surface area contributed by atoms with Crippen molar-refractivity contribution in [2.75, 3.05) is 0 Å². The Labute approximate surface area is 92.0 Å². The quantitative estimate of drug-likeness (QED) is 0.781. The Morgan fingerprint density at radius 3 is 2.21 bits per heavy atom. The smallest absolute Gasteiger partial charge is 0.160 e. The van der Waals surface area contributed by atoms with E-state index in [1.165, 1.54) is 0 Å². The van der Waals surface area contributed by atoms with Crippen molar-refractivity contribution in [3.05, 3.63) is 33.6 Å². The van der Waals surface area contributed by atoms with Crippen LogP contribution < -0.4 is 5.73 Å². The van der Waals surface area contributed by atoms with Crippen molar-refractivity contribution in [1.29, 1.82) is 0 Å². The normalized spacial score (nSPS) is 18.3. The molecule has 0 bridgehead atoms. The maximum atomic E-state index is 13.1. The molecule has 1 aliphatic carbocycles. The van der Waals surface area contributed by atoms with Gasteiger partial charge < -0.3 is 5.73 Å². The summed E-state index contributed by atoms with van der Waals surface area (Å²) < 4.78 is 13.1. The van der Waals surface area contributed by atoms with Gasteiger partial charge in [-0.2, -0.15) is 0 Å². The van der Waals surface area contributed by atoms with Gasteiger partial charge in [-0.3, -0.25) is 0 Å². The fourth-order valence-electron chi connectivity index (χ4n) is 1.45. The van der Waals surface area contributed by atoms with E-state index in [4.69, 9.17) is 28.9 Å². The summed E-state index contributed by atoms with van der Waals surface area (Å²) in [5, 5.41) is 0.133. The predicted molar refractivity (Wildman–Crippen MR) is 56.3 cm³/mol. The minimum atomic E-state index is -0.557. The van der Waals surface area contributed by atoms with Gasteiger partial charge in [-0.1, -0.05) is 23.2 Å². The van der Waals surface area contributed by atoms with Gasteiger partial charge >= 0.3 is 0 Å². The summed E-state index contributed by atoms with van der Waals surface area (Å²) in [5.74, 6) is -0.557. The molecule has 0 heterocycles. The molecule has 2 N–H and O–H groups in total. The van der Waals surface area contributed by atoms with Crippen LogP contribution in [-0.4, -0.2) is 5.54 Å². The van der Waals surface area contributed by atoms with Crippen molar-refractivity contribution in [3.63, 3.8) is 0 Å². The average Bonchev–Trinajstić information content (AvgIpc) is 2.79. The molecule has 0 amide bonds. The van der Waals surface area contributed by atoms with Crippen LogP contribution in [0.5, 0.6) is 0 Å². The van der Waals surface area contributed by atoms with Gasteiger partial charge in [0.25, 0.3) is 0 Å². The van der Waals surface area contributed by atoms with E-state index in [-0.39, 0.29) is 15.6 Å². The van der Waals surface area contributed by atoms with Gasteiger partial charge in [-0.05, 0) is 37.0 Å². The Hall–Kier alpha value is -0.310. The van der Waals surface area contributed by atoms with E-state index in [1.54, 1.807) is 12.1 Å². The Balaban J connectivity index is 2.26. The first-order chi connectivity index (χ1) is 6.50. The molecule has 1 nitrogen and oxygen atoms in total. The van der Waals surface area contributed by atoms with Crippen molar-refractivity contribution < 1.29 is 4.39 Å². The number of hydrogen-bond donors (Lipinski definition) is 1. The third-order valence-corrected chi connectivity index (χ3v) is 3.04. The average molecular weight is 234 g/mol. The highest BCUT2D eigenvalue weighted by Gasteiger charge is 2.38. The van der Waals surface area contributed by atoms with Crippen LogP contribution in [-0.2, 0) is 6.42 Å². The van der Waals surface area contributed by atoms with Crippen LogP contribution in [0.25, 0.3) is 0 Å². The summed E-state index contributed by atoms with van der Waals surface area (Å²) >= 11 is 11.3. The first-order valence-electron chi connectivity index (χ1n) is 4.42. The summed E-state index contributed by atoms with van der Waals surface area (Å²) in [7, 11) is 0. The Kier molecular flexibility index (Phi) is 2.46. The molecule has 0 radical (unpaired) electrons. The Morgan fingerprint density at radius 1 is 1.29 bits per heavy atom. The SMILES string of the molecule is NC1(Cc2cc(Cl)c(F)c(Cl)c2)CC1. The number of rotatable bonds is 2. The summed E-state index contributed by atoms with van der Waals surface area (Å²) in [6.45, 7) is 0. The summed E-state index contributed by atoms with van der Waals surface area (Å²) in [6, 6.07) is 3.19. The largest absolute Gasteiger partial charge is 0.325 e. The minimum Gasteiger partial charge on any atom is -0.325 e. The lowest BCUT2D eigenvalue weighted by atomic mass is 10.1. The second-order valence-electron chi connectivity index (χ2n) is 3.91. The molecule has 0 atom stereocenters. The molecule has 0 spiro atoms. The fourth-order valence-corrected chi connectivity index (χ4v) is 1.99. The third-order valence-electron chi connectivity index (χ3n) is 2.49. The molecule has 1 aromatic carbocycles. The lowest BCUT2D eigenvalue weighted by molar-refractivity contribution is 0.624. The Bertz CT molecular complexity index is 351. The zero-order valence-corrected chi connectivity index (χ0v) is 9.00. The van der Waals surface area contributed by atoms with Crippen LogP contribution in [0.3, 0.4) is 0 Å². The molecular weight excluding hydrogens is 224 g/mol. The number of hydrogen-bond acceptors (Lipinski definition) is 1. The molecule has 2 rings (SSSR count). The fraction of sp³-hybridized carbons (Fsp3) is 0.400. The van der Waals surface area contributed by atoms with Crippen LogP contribution in [0.15, 0.2) is 12.1 Å². The molecule has 0 aromatic heterocycles. The molecule has 4 heteroatoms. The molecule has 0 saturated heterocycles. The lowest BCUT2D eigenvalue weighted by Gasteiger charge is -2.09. The van der Waals surface area contributed by atoms with Crippen LogP contribution in [0, 0.1) is 5.82 Å². The number of nitrogens with two attached hydrogens (primary N) is 1. The molecule has 0 unspecified atom stereocenters. The van der Waals surface area contributed by atoms with E-state index in [0.717, 1.165) is 18.4 Å². The zero-order chi connectivity index (χ0) is 10.3. The number of halogens is 3. The summed E-state index contributed by atoms with van der Waals surface area (Å²) in [4.78, 5) is 0. The van der Waals surface area contributed by atoms with Gasteiger partial charge in [0.05, 0.1) is 10.0 Å². The second-order valence-corrected chi connectivity index (χ2v) is 4.73. The highest BCUT2D eigenvalue weighted by Crippen LogP contribution is 2.37. The maximum Gasteiger partial charge on any atom is 0.160 e. The topological polar surface area (TPSA) is 26.0 Å². The van der Waals surface area contributed by atoms with Crippen molar-refractivity contribution in [2.24, 2.45) is 5.73 Å². The van der Waals surface area contributed by atoms with E-state index in [0.29, 0.717) is 6.42 Å². The van der Waals surface area contributed by atoms with Gasteiger partial charge in [-0.15, -0.1) is 0 Å². The van der Waals surface area contributed by atoms with Crippen molar-refractivity contribution in [1.82, 2.24) is 0 Å². The van der Waals surface area contributed by atoms with Crippen LogP contribution >= 0.6 is 23.2 Å². The maximum absolute atomic E-state index is 13.1. The summed E-state index contributed by atoms with van der Waals surface area (Å²) in [5.41, 5.74) is 6.73. The minimum absolute atomic E-state index is 0.0664. The molecule has 1 saturated carbocycles. The molecule has 0 aliphatic heterocycles. The molecular formula is C10H10Cl2FN. The highest BCUT2D eigenvalue weighted by molar-refractivity contribution is 6.34. The highest BCUT2D eigenvalue weighted by atomic mass is 35.5. The molecule has 76 valence electrons. The van der Waals surface area contributed by atoms with Gasteiger partial charge in [0.2, 0.25) is 0 Å². The second kappa shape index (κ2) is 3.37. The Morgan fingerprint density at radius 2 is 1.79 bits per heavy atom. The molecule has 1 aliphatic rings. The lowest BCUT2D eigenvalue weighted by Crippen LogP contribution is -2.24. The molecule has 1 fully saturated rings. The standard InChI is InChI=1S/C10H10Cl2FN/c11-7-3-6(4-8(12)9(7)13)5-10(14)1-2-10/h3-4H,1-2,5,14H2. The van der Waals surface area contributed by atoms with Crippen molar-refractivity contribution in [3.8, 4) is 0 Å². The van der Waals surface area contributed by atoms with Gasteiger partial charge in [0.1, 0.15) is 0 Å². The van der Waals surface area contributed by atoms with Crippen LogP contribution in [0.1, 0.15) is 18.4 Å². The molecule has 1 aromatic rings. The van der Waals surface area contributed by atoms with Crippen molar-refractivity contribution >= 4 is 23.2 Å². The first-order valence-corrected chi connectivity index (χ1v) is 5.18. The molecule has 14 heavy (non-hydrogen) atoms. The monoisotopic (exact) mass is 233 g/mol. The predicted octanol–water partition coefficient (Wildman–Crippen LogP) is 3.17. The van der Waals surface area contributed by atoms with Gasteiger partial charge in [0.15, 0.2) is 5.82 Å². The van der Waals surface area contributed by atoms with E-state index in [9.17, 15) is 4.39 Å².